The van der Waals surface area contributed by atoms with Crippen LogP contribution in [0.5, 0.6) is 11.8 Å². The first-order valence-corrected chi connectivity index (χ1v) is 15.8. The smallest absolute Gasteiger partial charge is 0.319 e. The van der Waals surface area contributed by atoms with Gasteiger partial charge < -0.3 is 24.4 Å². The lowest BCUT2D eigenvalue weighted by Gasteiger charge is -2.31. The fraction of sp³-hybridized carbons (Fsp3) is 0.471. The molecule has 2 fully saturated rings. The molecule has 4 heterocycles. The Bertz CT molecular complexity index is 1810. The van der Waals surface area contributed by atoms with Crippen molar-refractivity contribution < 1.29 is 32.2 Å². The Labute approximate surface area is 271 Å². The number of alkyl halides is 1. The number of hydrogen-bond acceptors (Lipinski definition) is 9. The number of rotatable bonds is 12. The van der Waals surface area contributed by atoms with Crippen molar-refractivity contribution in [3.63, 3.8) is 0 Å². The Balaban J connectivity index is 1.49. The number of fused-ring (bicyclic) bond motifs is 3. The third-order valence-electron chi connectivity index (χ3n) is 9.28. The summed E-state index contributed by atoms with van der Waals surface area (Å²) in [7, 11) is 4.79. The molecule has 10 nitrogen and oxygen atoms in total. The van der Waals surface area contributed by atoms with E-state index >= 15 is 8.78 Å². The van der Waals surface area contributed by atoms with Gasteiger partial charge in [-0.25, -0.2) is 13.2 Å². The van der Waals surface area contributed by atoms with Gasteiger partial charge in [0.25, 0.3) is 0 Å². The molecule has 2 aliphatic heterocycles. The molecule has 250 valence electrons. The topological polar surface area (TPSA) is 102 Å². The lowest BCUT2D eigenvalue weighted by atomic mass is 9.94. The van der Waals surface area contributed by atoms with Gasteiger partial charge in [-0.1, -0.05) is 13.0 Å². The zero-order chi connectivity index (χ0) is 33.3. The van der Waals surface area contributed by atoms with Crippen LogP contribution in [0.1, 0.15) is 38.2 Å². The average molecular weight is 653 g/mol. The minimum atomic E-state index is -0.940. The van der Waals surface area contributed by atoms with Crippen molar-refractivity contribution >= 4 is 33.4 Å². The fourth-order valence-corrected chi connectivity index (χ4v) is 6.94. The Kier molecular flexibility index (Phi) is 9.38. The zero-order valence-electron chi connectivity index (χ0n) is 27.0. The molecular weight excluding hydrogens is 613 g/mol. The van der Waals surface area contributed by atoms with Crippen LogP contribution in [0.25, 0.3) is 32.9 Å². The van der Waals surface area contributed by atoms with Crippen LogP contribution in [0, 0.1) is 11.6 Å². The molecule has 2 aliphatic rings. The first kappa shape index (κ1) is 32.7. The van der Waals surface area contributed by atoms with E-state index in [1.807, 2.05) is 6.92 Å². The maximum absolute atomic E-state index is 16.9. The van der Waals surface area contributed by atoms with Crippen molar-refractivity contribution in [2.45, 2.75) is 50.7 Å². The Morgan fingerprint density at radius 1 is 1.21 bits per heavy atom. The molecule has 0 radical (unpaired) electrons. The number of anilines is 1. The van der Waals surface area contributed by atoms with E-state index in [1.165, 1.54) is 19.4 Å². The molecule has 0 bridgehead atoms. The first-order chi connectivity index (χ1) is 22.7. The molecular formula is C34H39F3N6O4. The highest BCUT2D eigenvalue weighted by Gasteiger charge is 2.49. The third-order valence-corrected chi connectivity index (χ3v) is 9.28. The molecule has 4 aromatic rings. The predicted molar refractivity (Wildman–Crippen MR) is 173 cm³/mol. The molecule has 0 spiro atoms. The maximum atomic E-state index is 16.9. The number of carbonyl (C=O) groups excluding carboxylic acids is 1. The van der Waals surface area contributed by atoms with Crippen molar-refractivity contribution in [3.05, 3.63) is 47.7 Å². The Hall–Kier alpha value is -4.23. The van der Waals surface area contributed by atoms with E-state index in [1.54, 1.807) is 37.2 Å². The first-order valence-electron chi connectivity index (χ1n) is 15.8. The summed E-state index contributed by atoms with van der Waals surface area (Å²) in [6.45, 7) is 3.38. The number of benzene rings is 2. The predicted octanol–water partition coefficient (Wildman–Crippen LogP) is 5.20. The van der Waals surface area contributed by atoms with Gasteiger partial charge in [-0.2, -0.15) is 9.97 Å². The van der Waals surface area contributed by atoms with E-state index in [0.29, 0.717) is 58.2 Å². The fourth-order valence-electron chi connectivity index (χ4n) is 6.94. The number of hydrogen-bond donors (Lipinski definition) is 1. The van der Waals surface area contributed by atoms with Crippen molar-refractivity contribution in [2.24, 2.45) is 0 Å². The number of carbonyl (C=O) groups is 1. The van der Waals surface area contributed by atoms with Crippen LogP contribution in [-0.4, -0.2) is 91.7 Å². The summed E-state index contributed by atoms with van der Waals surface area (Å²) in [4.78, 5) is 29.6. The van der Waals surface area contributed by atoms with Gasteiger partial charge >= 0.3 is 6.01 Å². The Morgan fingerprint density at radius 2 is 2.04 bits per heavy atom. The normalized spacial score (nSPS) is 19.3. The number of nitrogens with zero attached hydrogens (tertiary/aromatic N) is 5. The number of aromatic nitrogens is 3. The van der Waals surface area contributed by atoms with E-state index in [-0.39, 0.29) is 49.5 Å². The van der Waals surface area contributed by atoms with E-state index in [4.69, 9.17) is 14.2 Å². The Morgan fingerprint density at radius 3 is 2.81 bits per heavy atom. The van der Waals surface area contributed by atoms with Gasteiger partial charge in [-0.15, -0.1) is 0 Å². The van der Waals surface area contributed by atoms with Crippen LogP contribution in [0.2, 0.25) is 0 Å². The second-order valence-electron chi connectivity index (χ2n) is 12.2. The highest BCUT2D eigenvalue weighted by molar-refractivity contribution is 6.01. The second-order valence-corrected chi connectivity index (χ2v) is 12.2. The zero-order valence-corrected chi connectivity index (χ0v) is 27.0. The monoisotopic (exact) mass is 652 g/mol. The van der Waals surface area contributed by atoms with Gasteiger partial charge in [-0.3, -0.25) is 14.7 Å². The van der Waals surface area contributed by atoms with Crippen LogP contribution in [-0.2, 0) is 16.0 Å². The van der Waals surface area contributed by atoms with E-state index < -0.39 is 23.3 Å². The van der Waals surface area contributed by atoms with E-state index in [2.05, 4.69) is 25.2 Å². The van der Waals surface area contributed by atoms with E-state index in [0.717, 1.165) is 19.4 Å². The van der Waals surface area contributed by atoms with Gasteiger partial charge in [0.2, 0.25) is 5.91 Å². The van der Waals surface area contributed by atoms with Crippen LogP contribution in [0.15, 0.2) is 30.5 Å². The number of nitrogens with one attached hydrogen (secondary N) is 1. The molecule has 0 saturated carbocycles. The summed E-state index contributed by atoms with van der Waals surface area (Å²) in [5.41, 5.74) is 0.184. The van der Waals surface area contributed by atoms with Crippen molar-refractivity contribution in [1.82, 2.24) is 25.2 Å². The number of pyridine rings is 1. The lowest BCUT2D eigenvalue weighted by molar-refractivity contribution is -0.120. The highest BCUT2D eigenvalue weighted by Crippen LogP contribution is 2.42. The summed E-state index contributed by atoms with van der Waals surface area (Å²) in [5.74, 6) is -0.605. The number of methoxy groups -OCH3 is 1. The van der Waals surface area contributed by atoms with Crippen LogP contribution < -0.4 is 19.7 Å². The highest BCUT2D eigenvalue weighted by atomic mass is 19.1. The standard InChI is InChI=1S/C34H39F3N6O4/c1-5-23-26(36)8-7-20-13-22(47-19-45-4)14-24(28(20)23)30-29(37)31-25(16-39-30)32(42(3)12-9-27(44)38-2)41-33(40-31)46-18-34-10-6-11-43(34)17-21(35)15-34/h7-8,13-14,16,21H,5-6,9-12,15,17-19H2,1-4H3,(H,38,44)/t21-,34+/m1/s1. The molecule has 47 heavy (non-hydrogen) atoms. The van der Waals surface area contributed by atoms with Gasteiger partial charge in [0.1, 0.15) is 41.4 Å². The van der Waals surface area contributed by atoms with Gasteiger partial charge in [0, 0.05) is 58.9 Å². The second kappa shape index (κ2) is 13.5. The van der Waals surface area contributed by atoms with Crippen LogP contribution in [0.3, 0.4) is 0 Å². The molecule has 2 aromatic heterocycles. The quantitative estimate of drug-likeness (QED) is 0.207. The summed E-state index contributed by atoms with van der Waals surface area (Å²) >= 11 is 0. The molecule has 6 rings (SSSR count). The lowest BCUT2D eigenvalue weighted by Crippen LogP contribution is -2.43. The number of ether oxygens (including phenoxy) is 3. The van der Waals surface area contributed by atoms with Crippen molar-refractivity contribution in [1.29, 1.82) is 0 Å². The molecule has 0 aliphatic carbocycles. The molecule has 13 heteroatoms. The molecule has 2 aromatic carbocycles. The SMILES string of the molecule is CCc1c(F)ccc2cc(OCOC)cc(-c3ncc4c(N(C)CCC(=O)NC)nc(OC[C@@]56CCCN5C[C@H](F)C6)nc4c3F)c12. The summed E-state index contributed by atoms with van der Waals surface area (Å²) in [6, 6.07) is 6.30. The third kappa shape index (κ3) is 6.26. The summed E-state index contributed by atoms with van der Waals surface area (Å²) < 4.78 is 63.4. The molecule has 2 atom stereocenters. The molecule has 1 amide bonds. The average Bonchev–Trinajstić information content (AvgIpc) is 3.60. The molecule has 1 N–H and O–H groups in total. The van der Waals surface area contributed by atoms with Gasteiger partial charge in [-0.05, 0) is 60.3 Å². The molecule has 2 saturated heterocycles. The largest absolute Gasteiger partial charge is 0.468 e. The van der Waals surface area contributed by atoms with Gasteiger partial charge in [0.05, 0.1) is 10.9 Å². The van der Waals surface area contributed by atoms with Crippen molar-refractivity contribution in [2.75, 3.05) is 59.1 Å². The number of aryl methyl sites for hydroxylation is 1. The van der Waals surface area contributed by atoms with E-state index in [9.17, 15) is 9.18 Å². The minimum Gasteiger partial charge on any atom is -0.468 e. The number of amides is 1. The van der Waals surface area contributed by atoms with Gasteiger partial charge in [0.15, 0.2) is 12.6 Å². The number of halogens is 3. The minimum absolute atomic E-state index is 0.0395. The summed E-state index contributed by atoms with van der Waals surface area (Å²) in [6.07, 6.45) is 3.15. The maximum Gasteiger partial charge on any atom is 0.319 e. The van der Waals surface area contributed by atoms with Crippen molar-refractivity contribution in [3.8, 4) is 23.0 Å². The molecule has 0 unspecified atom stereocenters. The van der Waals surface area contributed by atoms with Crippen LogP contribution >= 0.6 is 0 Å². The summed E-state index contributed by atoms with van der Waals surface area (Å²) in [5, 5.41) is 4.07. The van der Waals surface area contributed by atoms with Crippen LogP contribution in [0.4, 0.5) is 19.0 Å².